The van der Waals surface area contributed by atoms with Gasteiger partial charge in [-0.3, -0.25) is 0 Å². The quantitative estimate of drug-likeness (QED) is 0.152. The summed E-state index contributed by atoms with van der Waals surface area (Å²) in [5, 5.41) is 7.37. The molecule has 42 heavy (non-hydrogen) atoms. The van der Waals surface area contributed by atoms with Gasteiger partial charge in [-0.1, -0.05) is 130 Å². The fourth-order valence-corrected chi connectivity index (χ4v) is 5.57. The van der Waals surface area contributed by atoms with Crippen LogP contribution in [0.5, 0.6) is 0 Å². The first-order chi connectivity index (χ1) is 20.6. The molecule has 210 valence electrons. The van der Waals surface area contributed by atoms with Crippen LogP contribution in [0.25, 0.3) is 55.6 Å². The second-order valence-electron chi connectivity index (χ2n) is 9.90. The van der Waals surface area contributed by atoms with E-state index < -0.39 is 0 Å². The van der Waals surface area contributed by atoms with E-state index in [2.05, 4.69) is 98.1 Å². The number of nitrogens with two attached hydrogens (primary N) is 1. The second kappa shape index (κ2) is 14.1. The highest BCUT2D eigenvalue weighted by atomic mass is 14.6. The summed E-state index contributed by atoms with van der Waals surface area (Å²) in [4.78, 5) is 0. The second-order valence-corrected chi connectivity index (χ2v) is 9.90. The molecule has 0 radical (unpaired) electrons. The molecule has 0 unspecified atom stereocenters. The van der Waals surface area contributed by atoms with E-state index in [4.69, 9.17) is 5.73 Å². The van der Waals surface area contributed by atoms with Crippen molar-refractivity contribution in [2.75, 3.05) is 0 Å². The number of benzene rings is 5. The summed E-state index contributed by atoms with van der Waals surface area (Å²) in [6, 6.07) is 28.5. The molecule has 0 heterocycles. The van der Waals surface area contributed by atoms with Crippen molar-refractivity contribution in [3.63, 3.8) is 0 Å². The lowest BCUT2D eigenvalue weighted by Gasteiger charge is -2.18. The van der Waals surface area contributed by atoms with E-state index in [-0.39, 0.29) is 0 Å². The highest BCUT2D eigenvalue weighted by molar-refractivity contribution is 6.14. The molecule has 0 aliphatic rings. The van der Waals surface area contributed by atoms with Gasteiger partial charge in [0, 0.05) is 5.70 Å². The zero-order chi connectivity index (χ0) is 30.1. The molecule has 0 bridgehead atoms. The molecule has 5 aromatic carbocycles. The molecule has 2 N–H and O–H groups in total. The number of rotatable bonds is 8. The van der Waals surface area contributed by atoms with Crippen LogP contribution in [0.1, 0.15) is 44.4 Å². The van der Waals surface area contributed by atoms with Crippen molar-refractivity contribution >= 4 is 44.5 Å². The van der Waals surface area contributed by atoms with Crippen LogP contribution in [0.2, 0.25) is 0 Å². The minimum Gasteiger partial charge on any atom is -0.398 e. The molecule has 0 atom stereocenters. The Morgan fingerprint density at radius 1 is 0.738 bits per heavy atom. The minimum atomic E-state index is 0.756. The Kier molecular flexibility index (Phi) is 10.1. The van der Waals surface area contributed by atoms with Crippen LogP contribution in [0, 0.1) is 0 Å². The van der Waals surface area contributed by atoms with Crippen molar-refractivity contribution in [3.05, 3.63) is 156 Å². The molecule has 5 rings (SSSR count). The lowest BCUT2D eigenvalue weighted by Crippen LogP contribution is -1.98. The Balaban J connectivity index is 0.00000198. The summed E-state index contributed by atoms with van der Waals surface area (Å²) in [5.41, 5.74) is 13.9. The standard InChI is InChI=1S/C39H35N.C2H6/c1-5-15-27(6-2)39(40)21-14-11-18-30-25-37-33(8-4)32(7-3)36(26-38(37)35-20-13-12-19-34(30)35)31-23-22-28-16-9-10-17-29(28)24-31;1-2/h5-17,19-26H,3-4,18,40H2,1-2H3;1-2H3/b14-11-,15-5-,27-6+,39-21-;. The van der Waals surface area contributed by atoms with Crippen molar-refractivity contribution in [1.82, 2.24) is 0 Å². The largest absolute Gasteiger partial charge is 0.398 e. The SMILES string of the molecule is C=Cc1c(-c2ccc3ccccc3c2)cc2c(cc(C\C=C/C=C(N)/C(/C=C\C)=C/C)c3ccccc32)c1C=C.CC. The zero-order valence-electron chi connectivity index (χ0n) is 25.3. The van der Waals surface area contributed by atoms with Crippen LogP contribution in [0.3, 0.4) is 0 Å². The predicted molar refractivity (Wildman–Crippen MR) is 190 cm³/mol. The molecular weight excluding hydrogens is 506 g/mol. The van der Waals surface area contributed by atoms with Crippen molar-refractivity contribution in [3.8, 4) is 11.1 Å². The van der Waals surface area contributed by atoms with Crippen molar-refractivity contribution < 1.29 is 0 Å². The third kappa shape index (κ3) is 6.06. The first-order valence-corrected chi connectivity index (χ1v) is 14.8. The molecular formula is C41H41N. The fourth-order valence-electron chi connectivity index (χ4n) is 5.57. The highest BCUT2D eigenvalue weighted by Crippen LogP contribution is 2.39. The molecule has 5 aromatic rings. The molecule has 0 amide bonds. The van der Waals surface area contributed by atoms with Gasteiger partial charge in [-0.2, -0.15) is 0 Å². The third-order valence-electron chi connectivity index (χ3n) is 7.54. The Morgan fingerprint density at radius 3 is 2.12 bits per heavy atom. The predicted octanol–water partition coefficient (Wildman–Crippen LogP) is 11.6. The van der Waals surface area contributed by atoms with Gasteiger partial charge in [0.05, 0.1) is 0 Å². The van der Waals surface area contributed by atoms with Gasteiger partial charge in [0.25, 0.3) is 0 Å². The average molecular weight is 548 g/mol. The lowest BCUT2D eigenvalue weighted by molar-refractivity contribution is 1.29. The van der Waals surface area contributed by atoms with Gasteiger partial charge in [0.1, 0.15) is 0 Å². The average Bonchev–Trinajstić information content (AvgIpc) is 3.05. The molecule has 0 saturated carbocycles. The van der Waals surface area contributed by atoms with Gasteiger partial charge in [0.15, 0.2) is 0 Å². The van der Waals surface area contributed by atoms with Gasteiger partial charge >= 0.3 is 0 Å². The smallest absolute Gasteiger partial charge is 0.0384 e. The van der Waals surface area contributed by atoms with Gasteiger partial charge in [-0.15, -0.1) is 0 Å². The number of hydrogen-bond donors (Lipinski definition) is 1. The summed E-state index contributed by atoms with van der Waals surface area (Å²) in [5.74, 6) is 0. The molecule has 0 aliphatic carbocycles. The highest BCUT2D eigenvalue weighted by Gasteiger charge is 2.15. The minimum absolute atomic E-state index is 0.756. The zero-order valence-corrected chi connectivity index (χ0v) is 25.3. The summed E-state index contributed by atoms with van der Waals surface area (Å²) in [6.45, 7) is 16.4. The summed E-state index contributed by atoms with van der Waals surface area (Å²) >= 11 is 0. The van der Waals surface area contributed by atoms with E-state index in [1.165, 1.54) is 49.0 Å². The first-order valence-electron chi connectivity index (χ1n) is 14.8. The molecule has 0 spiro atoms. The lowest BCUT2D eigenvalue weighted by atomic mass is 9.86. The number of hydrogen-bond acceptors (Lipinski definition) is 1. The maximum absolute atomic E-state index is 6.29. The van der Waals surface area contributed by atoms with Crippen LogP contribution in [-0.2, 0) is 6.42 Å². The molecule has 0 aromatic heterocycles. The number of fused-ring (bicyclic) bond motifs is 4. The van der Waals surface area contributed by atoms with Gasteiger partial charge in [0.2, 0.25) is 0 Å². The van der Waals surface area contributed by atoms with Gasteiger partial charge in [-0.05, 0) is 110 Å². The van der Waals surface area contributed by atoms with Crippen molar-refractivity contribution in [2.24, 2.45) is 5.73 Å². The molecule has 1 nitrogen and oxygen atoms in total. The summed E-state index contributed by atoms with van der Waals surface area (Å²) < 4.78 is 0. The normalized spacial score (nSPS) is 12.3. The van der Waals surface area contributed by atoms with E-state index in [0.29, 0.717) is 0 Å². The summed E-state index contributed by atoms with van der Waals surface area (Å²) in [6.07, 6.45) is 17.0. The van der Waals surface area contributed by atoms with Crippen LogP contribution in [0.15, 0.2) is 140 Å². The van der Waals surface area contributed by atoms with Crippen LogP contribution < -0.4 is 5.73 Å². The Labute approximate surface area is 251 Å². The van der Waals surface area contributed by atoms with Crippen molar-refractivity contribution in [2.45, 2.75) is 34.1 Å². The maximum atomic E-state index is 6.29. The monoisotopic (exact) mass is 547 g/mol. The van der Waals surface area contributed by atoms with E-state index in [0.717, 1.165) is 28.8 Å². The molecule has 0 aliphatic heterocycles. The Hall–Kier alpha value is -4.88. The van der Waals surface area contributed by atoms with E-state index in [1.54, 1.807) is 0 Å². The molecule has 1 heteroatoms. The van der Waals surface area contributed by atoms with E-state index >= 15 is 0 Å². The Bertz CT molecular complexity index is 1870. The topological polar surface area (TPSA) is 26.0 Å². The van der Waals surface area contributed by atoms with Crippen molar-refractivity contribution in [1.29, 1.82) is 0 Å². The fraction of sp³-hybridized carbons (Fsp3) is 0.122. The summed E-state index contributed by atoms with van der Waals surface area (Å²) in [7, 11) is 0. The Morgan fingerprint density at radius 2 is 1.43 bits per heavy atom. The third-order valence-corrected chi connectivity index (χ3v) is 7.54. The van der Waals surface area contributed by atoms with E-state index in [9.17, 15) is 0 Å². The molecule has 0 fully saturated rings. The van der Waals surface area contributed by atoms with Crippen LogP contribution in [0.4, 0.5) is 0 Å². The maximum Gasteiger partial charge on any atom is 0.0384 e. The van der Waals surface area contributed by atoms with Crippen LogP contribution in [-0.4, -0.2) is 0 Å². The van der Waals surface area contributed by atoms with Gasteiger partial charge in [-0.25, -0.2) is 0 Å². The van der Waals surface area contributed by atoms with Crippen LogP contribution >= 0.6 is 0 Å². The van der Waals surface area contributed by atoms with Gasteiger partial charge < -0.3 is 5.73 Å². The molecule has 0 saturated heterocycles. The first kappa shape index (κ1) is 30.1. The van der Waals surface area contributed by atoms with E-state index in [1.807, 2.05) is 70.2 Å². The number of allylic oxidation sites excluding steroid dienone is 6.